The Morgan fingerprint density at radius 1 is 1.11 bits per heavy atom. The summed E-state index contributed by atoms with van der Waals surface area (Å²) in [5.41, 5.74) is 2.89. The maximum absolute atomic E-state index is 5.78. The second-order valence-electron chi connectivity index (χ2n) is 7.66. The van der Waals surface area contributed by atoms with Gasteiger partial charge in [-0.05, 0) is 19.1 Å². The fraction of sp³-hybridized carbons (Fsp3) is 0.381. The topological polar surface area (TPSA) is 88.5 Å². The van der Waals surface area contributed by atoms with Crippen molar-refractivity contribution < 1.29 is 8.83 Å². The highest BCUT2D eigenvalue weighted by Gasteiger charge is 2.19. The van der Waals surface area contributed by atoms with E-state index in [9.17, 15) is 0 Å². The standard InChI is InChI=1S/C21H27N5O2/c1-14-6-8-15(9-7-14)19-26-16(13-27-19)10-24-20(22-5)25-12-18-23-11-17(28-18)21(2,3)4/h6-9,11,13H,10,12H2,1-5H3,(H2,22,24,25). The highest BCUT2D eigenvalue weighted by molar-refractivity contribution is 5.79. The molecule has 0 saturated carbocycles. The highest BCUT2D eigenvalue weighted by Crippen LogP contribution is 2.22. The third-order valence-corrected chi connectivity index (χ3v) is 4.21. The first-order valence-corrected chi connectivity index (χ1v) is 9.26. The summed E-state index contributed by atoms with van der Waals surface area (Å²) < 4.78 is 11.4. The summed E-state index contributed by atoms with van der Waals surface area (Å²) in [5.74, 6) is 2.72. The van der Waals surface area contributed by atoms with Crippen molar-refractivity contribution in [2.75, 3.05) is 7.05 Å². The van der Waals surface area contributed by atoms with Crippen molar-refractivity contribution in [1.82, 2.24) is 20.6 Å². The first-order chi connectivity index (χ1) is 13.3. The summed E-state index contributed by atoms with van der Waals surface area (Å²) in [6.45, 7) is 9.27. The number of hydrogen-bond donors (Lipinski definition) is 2. The molecule has 2 heterocycles. The van der Waals surface area contributed by atoms with Crippen LogP contribution in [0.15, 0.2) is 50.6 Å². The van der Waals surface area contributed by atoms with Crippen LogP contribution in [-0.4, -0.2) is 23.0 Å². The Bertz CT molecular complexity index is 932. The predicted molar refractivity (Wildman–Crippen MR) is 109 cm³/mol. The Hall–Kier alpha value is -3.09. The van der Waals surface area contributed by atoms with Crippen molar-refractivity contribution in [3.8, 4) is 11.5 Å². The summed E-state index contributed by atoms with van der Waals surface area (Å²) in [4.78, 5) is 13.0. The Labute approximate surface area is 165 Å². The Morgan fingerprint density at radius 2 is 1.82 bits per heavy atom. The molecule has 3 aromatic rings. The van der Waals surface area contributed by atoms with Crippen LogP contribution in [0.25, 0.3) is 11.5 Å². The van der Waals surface area contributed by atoms with Gasteiger partial charge in [-0.25, -0.2) is 9.97 Å². The summed E-state index contributed by atoms with van der Waals surface area (Å²) in [6, 6.07) is 8.08. The summed E-state index contributed by atoms with van der Waals surface area (Å²) in [5, 5.41) is 6.40. The molecule has 7 heteroatoms. The largest absolute Gasteiger partial charge is 0.444 e. The van der Waals surface area contributed by atoms with Crippen molar-refractivity contribution in [3.63, 3.8) is 0 Å². The number of benzene rings is 1. The molecule has 0 fully saturated rings. The van der Waals surface area contributed by atoms with Gasteiger partial charge in [0.25, 0.3) is 0 Å². The van der Waals surface area contributed by atoms with Crippen LogP contribution in [0.3, 0.4) is 0 Å². The molecule has 28 heavy (non-hydrogen) atoms. The van der Waals surface area contributed by atoms with Crippen LogP contribution in [-0.2, 0) is 18.5 Å². The van der Waals surface area contributed by atoms with Gasteiger partial charge >= 0.3 is 0 Å². The van der Waals surface area contributed by atoms with Gasteiger partial charge in [0, 0.05) is 18.0 Å². The van der Waals surface area contributed by atoms with E-state index in [2.05, 4.69) is 53.3 Å². The van der Waals surface area contributed by atoms with E-state index in [1.807, 2.05) is 24.3 Å². The minimum atomic E-state index is -0.0622. The second-order valence-corrected chi connectivity index (χ2v) is 7.66. The quantitative estimate of drug-likeness (QED) is 0.516. The van der Waals surface area contributed by atoms with Gasteiger partial charge in [0.15, 0.2) is 5.96 Å². The third kappa shape index (κ3) is 5.00. The number of aryl methyl sites for hydroxylation is 1. The minimum absolute atomic E-state index is 0.0622. The smallest absolute Gasteiger partial charge is 0.226 e. The number of aliphatic imine (C=N–C) groups is 1. The molecule has 0 aliphatic carbocycles. The maximum atomic E-state index is 5.78. The number of guanidine groups is 1. The molecule has 0 radical (unpaired) electrons. The van der Waals surface area contributed by atoms with Crippen LogP contribution < -0.4 is 10.6 Å². The van der Waals surface area contributed by atoms with E-state index in [1.165, 1.54) is 5.56 Å². The van der Waals surface area contributed by atoms with Crippen molar-refractivity contribution in [1.29, 1.82) is 0 Å². The first kappa shape index (κ1) is 19.7. The second kappa shape index (κ2) is 8.29. The van der Waals surface area contributed by atoms with Gasteiger partial charge in [-0.2, -0.15) is 0 Å². The van der Waals surface area contributed by atoms with Crippen LogP contribution in [0.2, 0.25) is 0 Å². The monoisotopic (exact) mass is 381 g/mol. The van der Waals surface area contributed by atoms with E-state index < -0.39 is 0 Å². The molecular weight excluding hydrogens is 354 g/mol. The molecule has 0 unspecified atom stereocenters. The first-order valence-electron chi connectivity index (χ1n) is 9.26. The van der Waals surface area contributed by atoms with Gasteiger partial charge in [0.1, 0.15) is 12.0 Å². The molecule has 0 bridgehead atoms. The molecule has 0 atom stereocenters. The number of rotatable bonds is 5. The van der Waals surface area contributed by atoms with Crippen molar-refractivity contribution in [2.24, 2.45) is 4.99 Å². The lowest BCUT2D eigenvalue weighted by molar-refractivity contribution is 0.379. The molecule has 2 N–H and O–H groups in total. The van der Waals surface area contributed by atoms with E-state index in [1.54, 1.807) is 19.5 Å². The molecule has 3 rings (SSSR count). The third-order valence-electron chi connectivity index (χ3n) is 4.21. The zero-order valence-electron chi connectivity index (χ0n) is 17.0. The van der Waals surface area contributed by atoms with Crippen LogP contribution >= 0.6 is 0 Å². The molecule has 0 spiro atoms. The van der Waals surface area contributed by atoms with Crippen LogP contribution in [0.1, 0.15) is 43.7 Å². The highest BCUT2D eigenvalue weighted by atomic mass is 16.4. The van der Waals surface area contributed by atoms with Crippen LogP contribution in [0, 0.1) is 6.92 Å². The lowest BCUT2D eigenvalue weighted by atomic mass is 9.94. The molecule has 7 nitrogen and oxygen atoms in total. The fourth-order valence-corrected chi connectivity index (χ4v) is 2.51. The fourth-order valence-electron chi connectivity index (χ4n) is 2.51. The van der Waals surface area contributed by atoms with E-state index in [4.69, 9.17) is 8.83 Å². The van der Waals surface area contributed by atoms with Crippen LogP contribution in [0.5, 0.6) is 0 Å². The zero-order chi connectivity index (χ0) is 20.1. The molecule has 0 aliphatic heterocycles. The molecule has 1 aromatic carbocycles. The lowest BCUT2D eigenvalue weighted by Crippen LogP contribution is -2.36. The average Bonchev–Trinajstić information content (AvgIpc) is 3.32. The molecule has 0 saturated heterocycles. The van der Waals surface area contributed by atoms with Gasteiger partial charge in [-0.3, -0.25) is 4.99 Å². The maximum Gasteiger partial charge on any atom is 0.226 e. The zero-order valence-corrected chi connectivity index (χ0v) is 17.0. The number of hydrogen-bond acceptors (Lipinski definition) is 5. The Balaban J connectivity index is 1.53. The molecule has 2 aromatic heterocycles. The molecule has 0 aliphatic rings. The summed E-state index contributed by atoms with van der Waals surface area (Å²) in [6.07, 6.45) is 3.42. The molecule has 0 amide bonds. The molecular formula is C21H27N5O2. The van der Waals surface area contributed by atoms with Crippen molar-refractivity contribution in [2.45, 2.75) is 46.2 Å². The van der Waals surface area contributed by atoms with Gasteiger partial charge < -0.3 is 19.5 Å². The normalized spacial score (nSPS) is 12.2. The Morgan fingerprint density at radius 3 is 2.46 bits per heavy atom. The lowest BCUT2D eigenvalue weighted by Gasteiger charge is -2.13. The number of oxazole rings is 2. The van der Waals surface area contributed by atoms with Crippen LogP contribution in [0.4, 0.5) is 0 Å². The van der Waals surface area contributed by atoms with Gasteiger partial charge in [-0.1, -0.05) is 38.5 Å². The minimum Gasteiger partial charge on any atom is -0.444 e. The molecule has 148 valence electrons. The van der Waals surface area contributed by atoms with Crippen molar-refractivity contribution in [3.05, 3.63) is 59.6 Å². The SMILES string of the molecule is CN=C(NCc1coc(-c2ccc(C)cc2)n1)NCc1ncc(C(C)(C)C)o1. The van der Waals surface area contributed by atoms with Gasteiger partial charge in [-0.15, -0.1) is 0 Å². The average molecular weight is 381 g/mol. The summed E-state index contributed by atoms with van der Waals surface area (Å²) >= 11 is 0. The summed E-state index contributed by atoms with van der Waals surface area (Å²) in [7, 11) is 1.71. The number of aromatic nitrogens is 2. The predicted octanol–water partition coefficient (Wildman–Crippen LogP) is 3.80. The van der Waals surface area contributed by atoms with E-state index in [0.29, 0.717) is 30.8 Å². The number of nitrogens with one attached hydrogen (secondary N) is 2. The Kier molecular flexibility index (Phi) is 5.82. The van der Waals surface area contributed by atoms with Crippen molar-refractivity contribution >= 4 is 5.96 Å². The van der Waals surface area contributed by atoms with E-state index in [0.717, 1.165) is 17.0 Å². The van der Waals surface area contributed by atoms with Gasteiger partial charge in [0.2, 0.25) is 11.8 Å². The van der Waals surface area contributed by atoms with Gasteiger partial charge in [0.05, 0.1) is 25.0 Å². The van der Waals surface area contributed by atoms with E-state index in [-0.39, 0.29) is 5.41 Å². The van der Waals surface area contributed by atoms with E-state index >= 15 is 0 Å². The number of nitrogens with zero attached hydrogens (tertiary/aromatic N) is 3.